The molecule has 8 heteroatoms. The zero-order valence-corrected chi connectivity index (χ0v) is 15.9. The van der Waals surface area contributed by atoms with Crippen molar-refractivity contribution in [1.82, 2.24) is 4.57 Å². The first-order chi connectivity index (χ1) is 11.0. The van der Waals surface area contributed by atoms with Gasteiger partial charge >= 0.3 is 13.2 Å². The Morgan fingerprint density at radius 2 is 1.88 bits per heavy atom. The minimum absolute atomic E-state index is 0.00908. The molecule has 2 aromatic rings. The quantitative estimate of drug-likeness (QED) is 0.778. The zero-order chi connectivity index (χ0) is 18.2. The number of rotatable bonds is 3. The van der Waals surface area contributed by atoms with Crippen LogP contribution in [0.3, 0.4) is 0 Å². The van der Waals surface area contributed by atoms with Crippen LogP contribution < -0.4 is 10.3 Å². The molecule has 2 rings (SSSR count). The number of nitrogens with zero attached hydrogens (tertiary/aromatic N) is 1. The molecule has 0 atom stereocenters. The monoisotopic (exact) mass is 397 g/mol. The molecule has 0 unspecified atom stereocenters. The van der Waals surface area contributed by atoms with Crippen LogP contribution in [0.4, 0.5) is 4.79 Å². The first kappa shape index (κ1) is 18.8. The first-order valence-electron chi connectivity index (χ1n) is 7.60. The van der Waals surface area contributed by atoms with Crippen LogP contribution in [-0.4, -0.2) is 39.5 Å². The van der Waals surface area contributed by atoms with Crippen LogP contribution in [0, 0.1) is 0 Å². The highest BCUT2D eigenvalue weighted by Gasteiger charge is 2.28. The van der Waals surface area contributed by atoms with Crippen molar-refractivity contribution in [2.45, 2.75) is 46.3 Å². The Morgan fingerprint density at radius 1 is 1.25 bits per heavy atom. The van der Waals surface area contributed by atoms with Crippen molar-refractivity contribution in [2.24, 2.45) is 0 Å². The van der Waals surface area contributed by atoms with Gasteiger partial charge in [0.25, 0.3) is 0 Å². The summed E-state index contributed by atoms with van der Waals surface area (Å²) in [5.41, 5.74) is -0.191. The molecule has 2 N–H and O–H groups in total. The van der Waals surface area contributed by atoms with Gasteiger partial charge in [0, 0.05) is 9.86 Å². The molecule has 0 amide bonds. The third-order valence-electron chi connectivity index (χ3n) is 3.06. The highest BCUT2D eigenvalue weighted by atomic mass is 79.9. The van der Waals surface area contributed by atoms with Crippen LogP contribution >= 0.6 is 15.9 Å². The van der Waals surface area contributed by atoms with Crippen molar-refractivity contribution in [3.05, 3.63) is 22.7 Å². The number of fused-ring (bicyclic) bond motifs is 1. The van der Waals surface area contributed by atoms with E-state index in [1.54, 1.807) is 32.9 Å². The van der Waals surface area contributed by atoms with E-state index in [1.165, 1.54) is 6.07 Å². The van der Waals surface area contributed by atoms with Gasteiger partial charge in [-0.1, -0.05) is 0 Å². The number of aromatic nitrogens is 1. The first-order valence-corrected chi connectivity index (χ1v) is 8.40. The fraction of sp³-hybridized carbons (Fsp3) is 0.438. The molecule has 0 saturated carbocycles. The summed E-state index contributed by atoms with van der Waals surface area (Å²) in [6.07, 6.45) is -0.691. The van der Waals surface area contributed by atoms with E-state index in [1.807, 2.05) is 13.8 Å². The number of carbonyl (C=O) groups is 1. The maximum absolute atomic E-state index is 12.5. The lowest BCUT2D eigenvalue weighted by Gasteiger charge is -2.21. The normalized spacial score (nSPS) is 11.9. The smallest absolute Gasteiger partial charge is 0.491 e. The van der Waals surface area contributed by atoms with Gasteiger partial charge in [-0.25, -0.2) is 4.79 Å². The van der Waals surface area contributed by atoms with Gasteiger partial charge in [0.2, 0.25) is 0 Å². The van der Waals surface area contributed by atoms with Crippen LogP contribution in [0.15, 0.2) is 22.7 Å². The van der Waals surface area contributed by atoms with E-state index in [2.05, 4.69) is 15.9 Å². The summed E-state index contributed by atoms with van der Waals surface area (Å²) in [6, 6.07) is 5.01. The highest BCUT2D eigenvalue weighted by Crippen LogP contribution is 2.31. The third kappa shape index (κ3) is 4.12. The molecule has 1 heterocycles. The van der Waals surface area contributed by atoms with Gasteiger partial charge in [-0.15, -0.1) is 0 Å². The largest absolute Gasteiger partial charge is 0.506 e. The summed E-state index contributed by atoms with van der Waals surface area (Å²) >= 11 is 3.43. The van der Waals surface area contributed by atoms with E-state index in [0.717, 1.165) is 4.57 Å². The van der Waals surface area contributed by atoms with Gasteiger partial charge in [0.05, 0.1) is 17.2 Å². The summed E-state index contributed by atoms with van der Waals surface area (Å²) in [5.74, 6) is 0.615. The number of benzene rings is 1. The molecular weight excluding hydrogens is 377 g/mol. The molecule has 1 aromatic heterocycles. The van der Waals surface area contributed by atoms with Crippen LogP contribution in [0.5, 0.6) is 5.75 Å². The standard InChI is InChI=1S/C16H21BBrNO5/c1-9(2)23-11-6-10-7-13(17(21)22)19(14(10)12(18)8-11)15(20)24-16(3,4)5/h6-9,21-22H,1-5H3. The Morgan fingerprint density at radius 3 is 2.38 bits per heavy atom. The fourth-order valence-corrected chi connectivity index (χ4v) is 2.96. The summed E-state index contributed by atoms with van der Waals surface area (Å²) in [5, 5.41) is 19.9. The average Bonchev–Trinajstić information content (AvgIpc) is 2.75. The maximum atomic E-state index is 12.5. The SMILES string of the molecule is CC(C)Oc1cc(Br)c2c(c1)cc(B(O)O)n2C(=O)OC(C)(C)C. The van der Waals surface area contributed by atoms with E-state index in [4.69, 9.17) is 9.47 Å². The van der Waals surface area contributed by atoms with Crippen molar-refractivity contribution < 1.29 is 24.3 Å². The van der Waals surface area contributed by atoms with Crippen molar-refractivity contribution in [3.8, 4) is 5.75 Å². The molecule has 0 aliphatic carbocycles. The molecule has 0 aliphatic heterocycles. The number of hydrogen-bond donors (Lipinski definition) is 2. The molecule has 0 fully saturated rings. The Labute approximate surface area is 149 Å². The van der Waals surface area contributed by atoms with Gasteiger partial charge in [0.15, 0.2) is 0 Å². The van der Waals surface area contributed by atoms with Crippen LogP contribution in [0.25, 0.3) is 10.9 Å². The highest BCUT2D eigenvalue weighted by molar-refractivity contribution is 9.10. The Balaban J connectivity index is 2.64. The number of hydrogen-bond acceptors (Lipinski definition) is 5. The summed E-state index contributed by atoms with van der Waals surface area (Å²) in [6.45, 7) is 9.06. The molecular formula is C16H21BBrNO5. The Hall–Kier alpha value is -1.51. The number of halogens is 1. The minimum atomic E-state index is -1.81. The van der Waals surface area contributed by atoms with Gasteiger partial charge in [0.1, 0.15) is 11.4 Å². The van der Waals surface area contributed by atoms with Gasteiger partial charge in [-0.05, 0) is 68.7 Å². The van der Waals surface area contributed by atoms with Gasteiger partial charge in [-0.2, -0.15) is 0 Å². The van der Waals surface area contributed by atoms with E-state index >= 15 is 0 Å². The molecule has 1 aromatic carbocycles. The summed E-state index contributed by atoms with van der Waals surface area (Å²) < 4.78 is 12.8. The van der Waals surface area contributed by atoms with Crippen molar-refractivity contribution in [3.63, 3.8) is 0 Å². The van der Waals surface area contributed by atoms with E-state index < -0.39 is 18.8 Å². The third-order valence-corrected chi connectivity index (χ3v) is 3.67. The lowest BCUT2D eigenvalue weighted by molar-refractivity contribution is 0.0547. The minimum Gasteiger partial charge on any atom is -0.491 e. The number of carbonyl (C=O) groups excluding carboxylic acids is 1. The lowest BCUT2D eigenvalue weighted by Crippen LogP contribution is -2.41. The average molecular weight is 398 g/mol. The topological polar surface area (TPSA) is 80.9 Å². The van der Waals surface area contributed by atoms with Crippen LogP contribution in [-0.2, 0) is 4.74 Å². The number of ether oxygens (including phenoxy) is 2. The molecule has 0 radical (unpaired) electrons. The van der Waals surface area contributed by atoms with Gasteiger partial charge in [-0.3, -0.25) is 4.57 Å². The van der Waals surface area contributed by atoms with Crippen LogP contribution in [0.2, 0.25) is 0 Å². The molecule has 24 heavy (non-hydrogen) atoms. The van der Waals surface area contributed by atoms with Crippen molar-refractivity contribution in [2.75, 3.05) is 0 Å². The predicted molar refractivity (Wildman–Crippen MR) is 96.9 cm³/mol. The summed E-state index contributed by atoms with van der Waals surface area (Å²) in [4.78, 5) is 12.5. The Kier molecular flexibility index (Phi) is 5.32. The Bertz CT molecular complexity index is 764. The van der Waals surface area contributed by atoms with Gasteiger partial charge < -0.3 is 19.5 Å². The second kappa shape index (κ2) is 6.78. The summed E-state index contributed by atoms with van der Waals surface area (Å²) in [7, 11) is -1.81. The van der Waals surface area contributed by atoms with Crippen LogP contribution in [0.1, 0.15) is 34.6 Å². The molecule has 0 saturated heterocycles. The maximum Gasteiger partial charge on any atom is 0.506 e. The van der Waals surface area contributed by atoms with E-state index in [9.17, 15) is 14.8 Å². The molecule has 0 aliphatic rings. The lowest BCUT2D eigenvalue weighted by atomic mass is 9.86. The fourth-order valence-electron chi connectivity index (χ4n) is 2.33. The zero-order valence-electron chi connectivity index (χ0n) is 14.3. The van der Waals surface area contributed by atoms with E-state index in [-0.39, 0.29) is 11.7 Å². The van der Waals surface area contributed by atoms with Crippen molar-refractivity contribution in [1.29, 1.82) is 0 Å². The second-order valence-corrected chi connectivity index (χ2v) is 7.62. The molecule has 0 bridgehead atoms. The van der Waals surface area contributed by atoms with E-state index in [0.29, 0.717) is 21.1 Å². The molecule has 6 nitrogen and oxygen atoms in total. The molecule has 0 spiro atoms. The predicted octanol–water partition coefficient (Wildman–Crippen LogP) is 2.65. The van der Waals surface area contributed by atoms with Crippen molar-refractivity contribution >= 4 is 45.6 Å². The molecule has 130 valence electrons. The second-order valence-electron chi connectivity index (χ2n) is 6.77.